The van der Waals surface area contributed by atoms with E-state index in [4.69, 9.17) is 19.0 Å². The molecule has 3 aromatic rings. The molecule has 1 aromatic heterocycles. The molecule has 0 amide bonds. The molecule has 2 aromatic carbocycles. The summed E-state index contributed by atoms with van der Waals surface area (Å²) in [7, 11) is 0. The lowest BCUT2D eigenvalue weighted by atomic mass is 10.2. The number of oxazole rings is 1. The van der Waals surface area contributed by atoms with Crippen molar-refractivity contribution in [1.29, 1.82) is 0 Å². The minimum atomic E-state index is -0.349. The summed E-state index contributed by atoms with van der Waals surface area (Å²) >= 11 is 0. The van der Waals surface area contributed by atoms with Crippen LogP contribution in [-0.4, -0.2) is 23.3 Å². The Morgan fingerprint density at radius 3 is 2.58 bits per heavy atom. The van der Waals surface area contributed by atoms with E-state index in [-0.39, 0.29) is 25.6 Å². The molecule has 1 N–H and O–H groups in total. The van der Waals surface area contributed by atoms with Gasteiger partial charge in [-0.15, -0.1) is 0 Å². The largest absolute Gasteiger partial charge is 0.487 e. The van der Waals surface area contributed by atoms with E-state index in [1.807, 2.05) is 12.1 Å². The zero-order valence-corrected chi connectivity index (χ0v) is 12.8. The lowest BCUT2D eigenvalue weighted by Crippen LogP contribution is -2.04. The number of hydrogen-bond acceptors (Lipinski definition) is 5. The van der Waals surface area contributed by atoms with E-state index in [1.54, 1.807) is 24.3 Å². The van der Waals surface area contributed by atoms with Gasteiger partial charge in [-0.3, -0.25) is 0 Å². The fraction of sp³-hybridized carbons (Fsp3) is 0.167. The molecule has 3 rings (SSSR count). The molecular weight excluding hydrogens is 313 g/mol. The van der Waals surface area contributed by atoms with Crippen molar-refractivity contribution in [3.05, 3.63) is 66.3 Å². The topological polar surface area (TPSA) is 64.7 Å². The smallest absolute Gasteiger partial charge is 0.226 e. The third-order valence-electron chi connectivity index (χ3n) is 3.20. The molecule has 0 atom stereocenters. The maximum Gasteiger partial charge on any atom is 0.226 e. The van der Waals surface area contributed by atoms with E-state index in [2.05, 4.69) is 4.98 Å². The van der Waals surface area contributed by atoms with Crippen molar-refractivity contribution in [2.24, 2.45) is 0 Å². The first kappa shape index (κ1) is 16.0. The van der Waals surface area contributed by atoms with E-state index in [9.17, 15) is 4.39 Å². The van der Waals surface area contributed by atoms with Crippen LogP contribution in [0.3, 0.4) is 0 Å². The van der Waals surface area contributed by atoms with Gasteiger partial charge in [0.05, 0.1) is 6.61 Å². The van der Waals surface area contributed by atoms with E-state index < -0.39 is 0 Å². The van der Waals surface area contributed by atoms with E-state index in [1.165, 1.54) is 18.4 Å². The maximum absolute atomic E-state index is 13.2. The van der Waals surface area contributed by atoms with Crippen LogP contribution in [0.2, 0.25) is 0 Å². The second kappa shape index (κ2) is 7.61. The molecular formula is C18H16FNO4. The van der Waals surface area contributed by atoms with E-state index in [0.29, 0.717) is 28.6 Å². The van der Waals surface area contributed by atoms with Gasteiger partial charge < -0.3 is 19.0 Å². The van der Waals surface area contributed by atoms with Crippen LogP contribution in [-0.2, 0) is 6.61 Å². The summed E-state index contributed by atoms with van der Waals surface area (Å²) in [6.07, 6.45) is 1.47. The van der Waals surface area contributed by atoms with Gasteiger partial charge in [0.15, 0.2) is 11.5 Å². The number of aliphatic hydroxyl groups excluding tert-OH is 1. The number of nitrogens with zero attached hydrogens (tertiary/aromatic N) is 1. The van der Waals surface area contributed by atoms with Crippen LogP contribution >= 0.6 is 0 Å². The van der Waals surface area contributed by atoms with Crippen molar-refractivity contribution in [1.82, 2.24) is 4.98 Å². The van der Waals surface area contributed by atoms with Gasteiger partial charge in [-0.2, -0.15) is 0 Å². The van der Waals surface area contributed by atoms with Gasteiger partial charge in [0.1, 0.15) is 31.0 Å². The second-order valence-corrected chi connectivity index (χ2v) is 4.96. The highest BCUT2D eigenvalue weighted by molar-refractivity contribution is 5.52. The molecule has 0 fully saturated rings. The molecule has 6 heteroatoms. The first-order chi connectivity index (χ1) is 11.8. The molecule has 0 aliphatic heterocycles. The molecule has 1 heterocycles. The molecule has 0 aliphatic rings. The third kappa shape index (κ3) is 3.91. The van der Waals surface area contributed by atoms with Gasteiger partial charge in [0.2, 0.25) is 5.89 Å². The number of halogens is 1. The Balaban J connectivity index is 1.68. The molecule has 124 valence electrons. The Morgan fingerprint density at radius 1 is 1.04 bits per heavy atom. The summed E-state index contributed by atoms with van der Waals surface area (Å²) in [6, 6.07) is 13.2. The van der Waals surface area contributed by atoms with Crippen molar-refractivity contribution < 1.29 is 23.4 Å². The third-order valence-corrected chi connectivity index (χ3v) is 3.20. The highest BCUT2D eigenvalue weighted by Gasteiger charge is 2.10. The van der Waals surface area contributed by atoms with Gasteiger partial charge in [0, 0.05) is 5.56 Å². The van der Waals surface area contributed by atoms with Crippen molar-refractivity contribution in [3.8, 4) is 23.0 Å². The average molecular weight is 329 g/mol. The Kier molecular flexibility index (Phi) is 5.08. The second-order valence-electron chi connectivity index (χ2n) is 4.96. The zero-order chi connectivity index (χ0) is 16.8. The first-order valence-electron chi connectivity index (χ1n) is 7.42. The molecule has 5 nitrogen and oxygen atoms in total. The molecule has 0 bridgehead atoms. The number of aliphatic hydroxyl groups is 1. The Morgan fingerprint density at radius 2 is 1.83 bits per heavy atom. The fourth-order valence-corrected chi connectivity index (χ4v) is 2.12. The van der Waals surface area contributed by atoms with Crippen LogP contribution in [0.15, 0.2) is 59.2 Å². The Bertz CT molecular complexity index is 803. The summed E-state index contributed by atoms with van der Waals surface area (Å²) in [5.74, 6) is 1.07. The van der Waals surface area contributed by atoms with Crippen LogP contribution in [0.1, 0.15) is 5.69 Å². The molecule has 0 spiro atoms. The van der Waals surface area contributed by atoms with Crippen LogP contribution < -0.4 is 9.47 Å². The molecule has 0 unspecified atom stereocenters. The Hall–Kier alpha value is -2.86. The van der Waals surface area contributed by atoms with Crippen molar-refractivity contribution >= 4 is 0 Å². The molecule has 0 radical (unpaired) electrons. The van der Waals surface area contributed by atoms with Crippen LogP contribution in [0.4, 0.5) is 4.39 Å². The number of ether oxygens (including phenoxy) is 2. The standard InChI is InChI=1S/C18H16FNO4/c19-14-5-3-4-13(10-14)18-20-15(12-24-18)11-23-17-7-2-1-6-16(17)22-9-8-21/h1-7,10,12,21H,8-9,11H2. The predicted molar refractivity (Wildman–Crippen MR) is 85.3 cm³/mol. The van der Waals surface area contributed by atoms with Gasteiger partial charge in [-0.05, 0) is 30.3 Å². The zero-order valence-electron chi connectivity index (χ0n) is 12.8. The molecule has 0 aliphatic carbocycles. The summed E-state index contributed by atoms with van der Waals surface area (Å²) in [4.78, 5) is 4.29. The lowest BCUT2D eigenvalue weighted by Gasteiger charge is -2.10. The van der Waals surface area contributed by atoms with Gasteiger partial charge >= 0.3 is 0 Å². The minimum absolute atomic E-state index is 0.0748. The number of rotatable bonds is 7. The number of hydrogen-bond donors (Lipinski definition) is 1. The quantitative estimate of drug-likeness (QED) is 0.719. The van der Waals surface area contributed by atoms with Gasteiger partial charge in [0.25, 0.3) is 0 Å². The first-order valence-corrected chi connectivity index (χ1v) is 7.42. The summed E-state index contributed by atoms with van der Waals surface area (Å²) in [5, 5.41) is 8.84. The van der Waals surface area contributed by atoms with E-state index in [0.717, 1.165) is 0 Å². The van der Waals surface area contributed by atoms with Crippen molar-refractivity contribution in [2.45, 2.75) is 6.61 Å². The van der Waals surface area contributed by atoms with Crippen molar-refractivity contribution in [3.63, 3.8) is 0 Å². The average Bonchev–Trinajstić information content (AvgIpc) is 3.08. The van der Waals surface area contributed by atoms with Crippen LogP contribution in [0.5, 0.6) is 11.5 Å². The molecule has 0 saturated carbocycles. The lowest BCUT2D eigenvalue weighted by molar-refractivity contribution is 0.192. The van der Waals surface area contributed by atoms with Crippen molar-refractivity contribution in [2.75, 3.05) is 13.2 Å². The molecule has 0 saturated heterocycles. The number of para-hydroxylation sites is 2. The van der Waals surface area contributed by atoms with E-state index >= 15 is 0 Å². The van der Waals surface area contributed by atoms with Gasteiger partial charge in [-0.25, -0.2) is 9.37 Å². The monoisotopic (exact) mass is 329 g/mol. The maximum atomic E-state index is 13.2. The SMILES string of the molecule is OCCOc1ccccc1OCc1coc(-c2cccc(F)c2)n1. The Labute approximate surface area is 138 Å². The number of aromatic nitrogens is 1. The summed E-state index contributed by atoms with van der Waals surface area (Å²) < 4.78 is 29.7. The van der Waals surface area contributed by atoms with Crippen LogP contribution in [0.25, 0.3) is 11.5 Å². The molecule has 24 heavy (non-hydrogen) atoms. The number of benzene rings is 2. The normalized spacial score (nSPS) is 10.6. The summed E-state index contributed by atoms with van der Waals surface area (Å²) in [5.41, 5.74) is 1.14. The van der Waals surface area contributed by atoms with Crippen LogP contribution in [0, 0.1) is 5.82 Å². The predicted octanol–water partition coefficient (Wildman–Crippen LogP) is 3.43. The minimum Gasteiger partial charge on any atom is -0.487 e. The summed E-state index contributed by atoms with van der Waals surface area (Å²) in [6.45, 7) is 0.293. The highest BCUT2D eigenvalue weighted by Crippen LogP contribution is 2.27. The van der Waals surface area contributed by atoms with Gasteiger partial charge in [-0.1, -0.05) is 18.2 Å². The highest BCUT2D eigenvalue weighted by atomic mass is 19.1. The fourth-order valence-electron chi connectivity index (χ4n) is 2.12.